The fraction of sp³-hybridized carbons (Fsp3) is 1.00. The Labute approximate surface area is 83.5 Å². The molecule has 1 heteroatoms. The highest BCUT2D eigenvalue weighted by Gasteiger charge is 2.25. The van der Waals surface area contributed by atoms with Crippen LogP contribution in [0.25, 0.3) is 0 Å². The van der Waals surface area contributed by atoms with Crippen molar-refractivity contribution in [3.63, 3.8) is 0 Å². The van der Waals surface area contributed by atoms with Crippen molar-refractivity contribution >= 4 is 0 Å². The molecule has 0 fully saturated rings. The van der Waals surface area contributed by atoms with Gasteiger partial charge in [0.15, 0.2) is 0 Å². The summed E-state index contributed by atoms with van der Waals surface area (Å²) < 4.78 is 0. The van der Waals surface area contributed by atoms with Crippen molar-refractivity contribution in [2.24, 2.45) is 17.8 Å². The molecule has 0 aliphatic carbocycles. The van der Waals surface area contributed by atoms with Crippen LogP contribution in [0, 0.1) is 17.8 Å². The molecule has 3 unspecified atom stereocenters. The van der Waals surface area contributed by atoms with E-state index in [2.05, 4.69) is 34.6 Å². The topological polar surface area (TPSA) is 20.2 Å². The summed E-state index contributed by atoms with van der Waals surface area (Å²) in [5, 5.41) is 10.1. The van der Waals surface area contributed by atoms with Crippen LogP contribution in [0.2, 0.25) is 0 Å². The molecule has 13 heavy (non-hydrogen) atoms. The van der Waals surface area contributed by atoms with Gasteiger partial charge in [-0.25, -0.2) is 0 Å². The van der Waals surface area contributed by atoms with Gasteiger partial charge in [-0.05, 0) is 17.8 Å². The van der Waals surface area contributed by atoms with Gasteiger partial charge in [0.25, 0.3) is 0 Å². The average molecular weight is 186 g/mol. The van der Waals surface area contributed by atoms with Gasteiger partial charge in [0.05, 0.1) is 6.10 Å². The van der Waals surface area contributed by atoms with Crippen molar-refractivity contribution < 1.29 is 5.11 Å². The zero-order valence-electron chi connectivity index (χ0n) is 9.88. The van der Waals surface area contributed by atoms with Crippen LogP contribution in [0.4, 0.5) is 0 Å². The molecule has 0 bridgehead atoms. The van der Waals surface area contributed by atoms with Crippen molar-refractivity contribution in [1.29, 1.82) is 0 Å². The van der Waals surface area contributed by atoms with Gasteiger partial charge >= 0.3 is 0 Å². The molecule has 1 N–H and O–H groups in total. The van der Waals surface area contributed by atoms with E-state index in [9.17, 15) is 5.11 Å². The highest BCUT2D eigenvalue weighted by molar-refractivity contribution is 4.75. The lowest BCUT2D eigenvalue weighted by atomic mass is 9.81. The third kappa shape index (κ3) is 3.68. The van der Waals surface area contributed by atoms with Gasteiger partial charge in [0.2, 0.25) is 0 Å². The molecule has 3 atom stereocenters. The van der Waals surface area contributed by atoms with Gasteiger partial charge in [-0.1, -0.05) is 53.9 Å². The fourth-order valence-corrected chi connectivity index (χ4v) is 1.91. The van der Waals surface area contributed by atoms with E-state index in [0.29, 0.717) is 17.8 Å². The summed E-state index contributed by atoms with van der Waals surface area (Å²) in [6.07, 6.45) is 3.25. The van der Waals surface area contributed by atoms with E-state index >= 15 is 0 Å². The smallest absolute Gasteiger partial charge is 0.0596 e. The predicted molar refractivity (Wildman–Crippen MR) is 58.7 cm³/mol. The molecule has 0 aliphatic rings. The first-order valence-electron chi connectivity index (χ1n) is 5.76. The van der Waals surface area contributed by atoms with Crippen LogP contribution < -0.4 is 0 Å². The molecule has 0 aromatic rings. The quantitative estimate of drug-likeness (QED) is 0.673. The summed E-state index contributed by atoms with van der Waals surface area (Å²) in [5.74, 6) is 1.56. The summed E-state index contributed by atoms with van der Waals surface area (Å²) in [4.78, 5) is 0. The third-order valence-corrected chi connectivity index (χ3v) is 3.61. The number of hydrogen-bond donors (Lipinski definition) is 1. The SMILES string of the molecule is CCC(C)C(C)C(O)C(CC)CC. The van der Waals surface area contributed by atoms with E-state index in [1.165, 1.54) is 6.42 Å². The molecule has 1 nitrogen and oxygen atoms in total. The Bertz CT molecular complexity index is 118. The Morgan fingerprint density at radius 2 is 1.38 bits per heavy atom. The van der Waals surface area contributed by atoms with E-state index in [1.807, 2.05) is 0 Å². The number of aliphatic hydroxyl groups is 1. The highest BCUT2D eigenvalue weighted by Crippen LogP contribution is 2.26. The van der Waals surface area contributed by atoms with Crippen LogP contribution in [0.1, 0.15) is 53.9 Å². The summed E-state index contributed by atoms with van der Waals surface area (Å²) in [6, 6.07) is 0. The van der Waals surface area contributed by atoms with Gasteiger partial charge in [0, 0.05) is 0 Å². The van der Waals surface area contributed by atoms with E-state index in [1.54, 1.807) is 0 Å². The Kier molecular flexibility index (Phi) is 6.40. The van der Waals surface area contributed by atoms with E-state index < -0.39 is 0 Å². The minimum Gasteiger partial charge on any atom is -0.393 e. The van der Waals surface area contributed by atoms with Crippen LogP contribution in [0.15, 0.2) is 0 Å². The lowest BCUT2D eigenvalue weighted by Gasteiger charge is -2.29. The van der Waals surface area contributed by atoms with Crippen LogP contribution in [-0.4, -0.2) is 11.2 Å². The van der Waals surface area contributed by atoms with Gasteiger partial charge in [-0.2, -0.15) is 0 Å². The average Bonchev–Trinajstić information content (AvgIpc) is 2.17. The monoisotopic (exact) mass is 186 g/mol. The van der Waals surface area contributed by atoms with E-state index in [4.69, 9.17) is 0 Å². The van der Waals surface area contributed by atoms with Gasteiger partial charge in [-0.3, -0.25) is 0 Å². The maximum absolute atomic E-state index is 10.1. The molecule has 80 valence electrons. The maximum Gasteiger partial charge on any atom is 0.0596 e. The van der Waals surface area contributed by atoms with Crippen LogP contribution in [-0.2, 0) is 0 Å². The normalized spacial score (nSPS) is 18.7. The number of rotatable bonds is 6. The first-order valence-corrected chi connectivity index (χ1v) is 5.76. The zero-order chi connectivity index (χ0) is 10.4. The molecule has 0 saturated heterocycles. The lowest BCUT2D eigenvalue weighted by molar-refractivity contribution is 0.0306. The lowest BCUT2D eigenvalue weighted by Crippen LogP contribution is -2.30. The molecule has 0 aliphatic heterocycles. The number of hydrogen-bond acceptors (Lipinski definition) is 1. The standard InChI is InChI=1S/C12H26O/c1-6-9(4)10(5)12(13)11(7-2)8-3/h9-13H,6-8H2,1-5H3. The molecule has 0 aromatic carbocycles. The molecule has 0 saturated carbocycles. The second kappa shape index (κ2) is 6.42. The van der Waals surface area contributed by atoms with E-state index in [-0.39, 0.29) is 6.10 Å². The largest absolute Gasteiger partial charge is 0.393 e. The van der Waals surface area contributed by atoms with Gasteiger partial charge < -0.3 is 5.11 Å². The highest BCUT2D eigenvalue weighted by atomic mass is 16.3. The Hall–Kier alpha value is -0.0400. The summed E-state index contributed by atoms with van der Waals surface area (Å²) >= 11 is 0. The molecule has 0 rings (SSSR count). The van der Waals surface area contributed by atoms with Crippen molar-refractivity contribution in [2.75, 3.05) is 0 Å². The predicted octanol–water partition coefficient (Wildman–Crippen LogP) is 3.47. The summed E-state index contributed by atoms with van der Waals surface area (Å²) in [5.41, 5.74) is 0. The molecule has 0 heterocycles. The molecular formula is C12H26O. The third-order valence-electron chi connectivity index (χ3n) is 3.61. The minimum atomic E-state index is -0.107. The first kappa shape index (κ1) is 13.0. The fourth-order valence-electron chi connectivity index (χ4n) is 1.91. The molecular weight excluding hydrogens is 160 g/mol. The molecule has 0 spiro atoms. The van der Waals surface area contributed by atoms with Gasteiger partial charge in [0.1, 0.15) is 0 Å². The van der Waals surface area contributed by atoms with Crippen LogP contribution >= 0.6 is 0 Å². The Balaban J connectivity index is 4.13. The van der Waals surface area contributed by atoms with Crippen molar-refractivity contribution in [3.05, 3.63) is 0 Å². The minimum absolute atomic E-state index is 0.107. The summed E-state index contributed by atoms with van der Waals surface area (Å²) in [6.45, 7) is 10.9. The molecule has 0 aromatic heterocycles. The van der Waals surface area contributed by atoms with Crippen molar-refractivity contribution in [1.82, 2.24) is 0 Å². The second-order valence-corrected chi connectivity index (χ2v) is 4.31. The Morgan fingerprint density at radius 3 is 1.69 bits per heavy atom. The Morgan fingerprint density at radius 1 is 0.923 bits per heavy atom. The first-order chi connectivity index (χ1) is 6.08. The second-order valence-electron chi connectivity index (χ2n) is 4.31. The number of aliphatic hydroxyl groups excluding tert-OH is 1. The van der Waals surface area contributed by atoms with E-state index in [0.717, 1.165) is 12.8 Å². The summed E-state index contributed by atoms with van der Waals surface area (Å²) in [7, 11) is 0. The zero-order valence-corrected chi connectivity index (χ0v) is 9.88. The van der Waals surface area contributed by atoms with Crippen molar-refractivity contribution in [2.45, 2.75) is 60.0 Å². The molecule has 0 radical (unpaired) electrons. The van der Waals surface area contributed by atoms with Crippen LogP contribution in [0.3, 0.4) is 0 Å². The van der Waals surface area contributed by atoms with Gasteiger partial charge in [-0.15, -0.1) is 0 Å². The van der Waals surface area contributed by atoms with Crippen LogP contribution in [0.5, 0.6) is 0 Å². The maximum atomic E-state index is 10.1. The molecule has 0 amide bonds. The van der Waals surface area contributed by atoms with Crippen molar-refractivity contribution in [3.8, 4) is 0 Å².